The molecule has 0 spiro atoms. The molecule has 0 heterocycles. The number of allylic oxidation sites excluding steroid dienone is 1. The maximum atomic E-state index is 12.0. The first-order chi connectivity index (χ1) is 9.60. The molecular formula is C16H12BrClO2. The van der Waals surface area contributed by atoms with Crippen molar-refractivity contribution in [2.24, 2.45) is 0 Å². The molecule has 0 bridgehead atoms. The van der Waals surface area contributed by atoms with Crippen molar-refractivity contribution in [2.75, 3.05) is 7.11 Å². The number of hydrogen-bond donors (Lipinski definition) is 0. The molecule has 0 saturated heterocycles. The van der Waals surface area contributed by atoms with Crippen LogP contribution < -0.4 is 4.74 Å². The molecule has 0 aliphatic heterocycles. The van der Waals surface area contributed by atoms with Crippen LogP contribution in [0.4, 0.5) is 0 Å². The summed E-state index contributed by atoms with van der Waals surface area (Å²) in [7, 11) is 1.59. The van der Waals surface area contributed by atoms with E-state index < -0.39 is 0 Å². The number of hydrogen-bond acceptors (Lipinski definition) is 2. The third-order valence-electron chi connectivity index (χ3n) is 2.75. The van der Waals surface area contributed by atoms with Crippen molar-refractivity contribution in [1.29, 1.82) is 0 Å². The Bertz CT molecular complexity index is 648. The number of ketones is 1. The summed E-state index contributed by atoms with van der Waals surface area (Å²) in [4.78, 5) is 12.0. The smallest absolute Gasteiger partial charge is 0.185 e. The van der Waals surface area contributed by atoms with Gasteiger partial charge in [0.2, 0.25) is 0 Å². The molecule has 0 saturated carbocycles. The molecule has 0 N–H and O–H groups in total. The van der Waals surface area contributed by atoms with E-state index in [1.54, 1.807) is 43.5 Å². The van der Waals surface area contributed by atoms with Gasteiger partial charge >= 0.3 is 0 Å². The van der Waals surface area contributed by atoms with Crippen LogP contribution >= 0.6 is 27.5 Å². The molecular weight excluding hydrogens is 340 g/mol. The van der Waals surface area contributed by atoms with Gasteiger partial charge in [-0.25, -0.2) is 0 Å². The van der Waals surface area contributed by atoms with Gasteiger partial charge in [0, 0.05) is 15.1 Å². The Morgan fingerprint density at radius 1 is 1.20 bits per heavy atom. The van der Waals surface area contributed by atoms with E-state index in [0.29, 0.717) is 16.3 Å². The fraction of sp³-hybridized carbons (Fsp3) is 0.0625. The molecule has 0 atom stereocenters. The lowest BCUT2D eigenvalue weighted by Gasteiger charge is -2.03. The number of ether oxygens (including phenoxy) is 1. The van der Waals surface area contributed by atoms with E-state index in [9.17, 15) is 4.79 Å². The summed E-state index contributed by atoms with van der Waals surface area (Å²) in [6, 6.07) is 12.5. The minimum absolute atomic E-state index is 0.0728. The van der Waals surface area contributed by atoms with Gasteiger partial charge in [-0.05, 0) is 60.2 Å². The van der Waals surface area contributed by atoms with Crippen LogP contribution in [-0.2, 0) is 0 Å². The summed E-state index contributed by atoms with van der Waals surface area (Å²) in [5, 5.41) is 0.575. The zero-order valence-corrected chi connectivity index (χ0v) is 13.1. The van der Waals surface area contributed by atoms with Crippen molar-refractivity contribution in [3.05, 3.63) is 69.2 Å². The minimum atomic E-state index is -0.0728. The molecule has 102 valence electrons. The molecule has 0 amide bonds. The lowest BCUT2D eigenvalue weighted by molar-refractivity contribution is 0.104. The average molecular weight is 352 g/mol. The zero-order valence-electron chi connectivity index (χ0n) is 10.8. The van der Waals surface area contributed by atoms with Gasteiger partial charge in [0.05, 0.1) is 7.11 Å². The predicted molar refractivity (Wildman–Crippen MR) is 85.5 cm³/mol. The minimum Gasteiger partial charge on any atom is -0.497 e. The normalized spacial score (nSPS) is 10.8. The van der Waals surface area contributed by atoms with Crippen LogP contribution in [-0.4, -0.2) is 12.9 Å². The molecule has 2 aromatic carbocycles. The van der Waals surface area contributed by atoms with Crippen molar-refractivity contribution < 1.29 is 9.53 Å². The summed E-state index contributed by atoms with van der Waals surface area (Å²) >= 11 is 9.41. The van der Waals surface area contributed by atoms with Gasteiger partial charge in [-0.1, -0.05) is 27.5 Å². The predicted octanol–water partition coefficient (Wildman–Crippen LogP) is 5.01. The Kier molecular flexibility index (Phi) is 4.99. The van der Waals surface area contributed by atoms with E-state index in [0.717, 1.165) is 10.0 Å². The SMILES string of the molecule is COc1ccc(Cl)c(C=CC(=O)c2ccc(Br)cc2)c1. The quantitative estimate of drug-likeness (QED) is 0.572. The van der Waals surface area contributed by atoms with Crippen LogP contribution in [0.25, 0.3) is 6.08 Å². The molecule has 0 aliphatic rings. The summed E-state index contributed by atoms with van der Waals surface area (Å²) in [6.45, 7) is 0. The summed E-state index contributed by atoms with van der Waals surface area (Å²) < 4.78 is 6.07. The van der Waals surface area contributed by atoms with E-state index in [1.165, 1.54) is 6.08 Å². The van der Waals surface area contributed by atoms with Gasteiger partial charge < -0.3 is 4.74 Å². The second-order valence-electron chi connectivity index (χ2n) is 4.09. The van der Waals surface area contributed by atoms with E-state index in [1.807, 2.05) is 12.1 Å². The molecule has 0 unspecified atom stereocenters. The van der Waals surface area contributed by atoms with Crippen molar-refractivity contribution in [3.63, 3.8) is 0 Å². The van der Waals surface area contributed by atoms with Gasteiger partial charge in [0.1, 0.15) is 5.75 Å². The van der Waals surface area contributed by atoms with E-state index in [2.05, 4.69) is 15.9 Å². The third kappa shape index (κ3) is 3.71. The van der Waals surface area contributed by atoms with Crippen molar-refractivity contribution in [3.8, 4) is 5.75 Å². The van der Waals surface area contributed by atoms with E-state index in [4.69, 9.17) is 16.3 Å². The van der Waals surface area contributed by atoms with Gasteiger partial charge in [0.15, 0.2) is 5.78 Å². The van der Waals surface area contributed by atoms with E-state index in [-0.39, 0.29) is 5.78 Å². The van der Waals surface area contributed by atoms with Crippen LogP contribution in [0.15, 0.2) is 53.0 Å². The molecule has 2 nitrogen and oxygen atoms in total. The molecule has 0 aromatic heterocycles. The largest absolute Gasteiger partial charge is 0.497 e. The molecule has 20 heavy (non-hydrogen) atoms. The first-order valence-corrected chi connectivity index (χ1v) is 7.09. The highest BCUT2D eigenvalue weighted by atomic mass is 79.9. The maximum Gasteiger partial charge on any atom is 0.185 e. The maximum absolute atomic E-state index is 12.0. The van der Waals surface area contributed by atoms with Crippen LogP contribution in [0, 0.1) is 0 Å². The van der Waals surface area contributed by atoms with Crippen LogP contribution in [0.1, 0.15) is 15.9 Å². The fourth-order valence-electron chi connectivity index (χ4n) is 1.65. The fourth-order valence-corrected chi connectivity index (χ4v) is 2.10. The lowest BCUT2D eigenvalue weighted by atomic mass is 10.1. The van der Waals surface area contributed by atoms with Crippen molar-refractivity contribution in [1.82, 2.24) is 0 Å². The molecule has 0 fully saturated rings. The highest BCUT2D eigenvalue weighted by Gasteiger charge is 2.03. The second-order valence-corrected chi connectivity index (χ2v) is 5.41. The molecule has 0 aliphatic carbocycles. The summed E-state index contributed by atoms with van der Waals surface area (Å²) in [6.07, 6.45) is 3.19. The van der Waals surface area contributed by atoms with Crippen LogP contribution in [0.5, 0.6) is 5.75 Å². The molecule has 4 heteroatoms. The Labute approximate surface area is 131 Å². The van der Waals surface area contributed by atoms with Gasteiger partial charge in [-0.15, -0.1) is 0 Å². The molecule has 2 rings (SSSR count). The Hall–Kier alpha value is -1.58. The van der Waals surface area contributed by atoms with Gasteiger partial charge in [-0.3, -0.25) is 4.79 Å². The summed E-state index contributed by atoms with van der Waals surface area (Å²) in [5.74, 6) is 0.626. The van der Waals surface area contributed by atoms with Crippen molar-refractivity contribution in [2.45, 2.75) is 0 Å². The Morgan fingerprint density at radius 2 is 1.90 bits per heavy atom. The highest BCUT2D eigenvalue weighted by molar-refractivity contribution is 9.10. The van der Waals surface area contributed by atoms with Gasteiger partial charge in [-0.2, -0.15) is 0 Å². The van der Waals surface area contributed by atoms with Gasteiger partial charge in [0.25, 0.3) is 0 Å². The summed E-state index contributed by atoms with van der Waals surface area (Å²) in [5.41, 5.74) is 1.37. The number of rotatable bonds is 4. The third-order valence-corrected chi connectivity index (χ3v) is 3.62. The molecule has 0 radical (unpaired) electrons. The van der Waals surface area contributed by atoms with Crippen LogP contribution in [0.3, 0.4) is 0 Å². The number of benzene rings is 2. The number of carbonyl (C=O) groups excluding carboxylic acids is 1. The molecule has 2 aromatic rings. The Morgan fingerprint density at radius 3 is 2.55 bits per heavy atom. The average Bonchev–Trinajstić information content (AvgIpc) is 2.47. The van der Waals surface area contributed by atoms with Crippen LogP contribution in [0.2, 0.25) is 5.02 Å². The second kappa shape index (κ2) is 6.73. The number of carbonyl (C=O) groups is 1. The van der Waals surface area contributed by atoms with E-state index >= 15 is 0 Å². The topological polar surface area (TPSA) is 26.3 Å². The number of halogens is 2. The first kappa shape index (κ1) is 14.8. The van der Waals surface area contributed by atoms with Crippen molar-refractivity contribution >= 4 is 39.4 Å². The highest BCUT2D eigenvalue weighted by Crippen LogP contribution is 2.23. The monoisotopic (exact) mass is 350 g/mol. The zero-order chi connectivity index (χ0) is 14.5. The standard InChI is InChI=1S/C16H12BrClO2/c1-20-14-7-8-15(18)12(10-14)4-9-16(19)11-2-5-13(17)6-3-11/h2-10H,1H3. The Balaban J connectivity index is 2.20. The number of methoxy groups -OCH3 is 1. The lowest BCUT2D eigenvalue weighted by Crippen LogP contribution is -1.93. The first-order valence-electron chi connectivity index (χ1n) is 5.91.